The van der Waals surface area contributed by atoms with Crippen LogP contribution in [0.4, 0.5) is 4.39 Å². The van der Waals surface area contributed by atoms with Gasteiger partial charge in [-0.25, -0.2) is 4.39 Å². The highest BCUT2D eigenvalue weighted by Gasteiger charge is 2.11. The Bertz CT molecular complexity index is 517. The Kier molecular flexibility index (Phi) is 5.94. The fraction of sp³-hybridized carbons (Fsp3) is 0.368. The molecule has 2 heteroatoms. The van der Waals surface area contributed by atoms with Crippen molar-refractivity contribution in [3.05, 3.63) is 71.0 Å². The number of halogens is 1. The van der Waals surface area contributed by atoms with Crippen molar-refractivity contribution in [3.8, 4) is 0 Å². The van der Waals surface area contributed by atoms with Crippen molar-refractivity contribution < 1.29 is 4.39 Å². The summed E-state index contributed by atoms with van der Waals surface area (Å²) in [6.07, 6.45) is 1.92. The van der Waals surface area contributed by atoms with Gasteiger partial charge in [-0.15, -0.1) is 0 Å². The highest BCUT2D eigenvalue weighted by molar-refractivity contribution is 5.23. The fourth-order valence-electron chi connectivity index (χ4n) is 2.73. The maximum atomic E-state index is 13.3. The second kappa shape index (κ2) is 7.94. The van der Waals surface area contributed by atoms with Crippen molar-refractivity contribution in [3.63, 3.8) is 0 Å². The predicted molar refractivity (Wildman–Crippen MR) is 87.0 cm³/mol. The monoisotopic (exact) mass is 285 g/mol. The third-order valence-electron chi connectivity index (χ3n) is 3.70. The van der Waals surface area contributed by atoms with E-state index < -0.39 is 0 Å². The Morgan fingerprint density at radius 3 is 2.29 bits per heavy atom. The van der Waals surface area contributed by atoms with Gasteiger partial charge < -0.3 is 5.32 Å². The maximum absolute atomic E-state index is 13.3. The van der Waals surface area contributed by atoms with E-state index in [0.29, 0.717) is 5.92 Å². The van der Waals surface area contributed by atoms with Crippen LogP contribution < -0.4 is 5.32 Å². The lowest BCUT2D eigenvalue weighted by Gasteiger charge is -2.18. The first-order valence-electron chi connectivity index (χ1n) is 7.68. The summed E-state index contributed by atoms with van der Waals surface area (Å²) < 4.78 is 13.3. The van der Waals surface area contributed by atoms with Gasteiger partial charge in [0.2, 0.25) is 0 Å². The minimum atomic E-state index is -0.148. The van der Waals surface area contributed by atoms with E-state index in [9.17, 15) is 4.39 Å². The SMILES string of the molecule is CCNCC(Cc1cccc(C)c1)Cc1cccc(F)c1. The Morgan fingerprint density at radius 2 is 1.67 bits per heavy atom. The van der Waals surface area contributed by atoms with Crippen LogP contribution in [0, 0.1) is 18.7 Å². The van der Waals surface area contributed by atoms with E-state index in [-0.39, 0.29) is 5.82 Å². The molecule has 0 aromatic heterocycles. The standard InChI is InChI=1S/C19H24FN/c1-3-21-14-18(11-16-7-4-6-15(2)10-16)12-17-8-5-9-19(20)13-17/h4-10,13,18,21H,3,11-12,14H2,1-2H3. The first-order chi connectivity index (χ1) is 10.2. The van der Waals surface area contributed by atoms with Gasteiger partial charge in [-0.1, -0.05) is 48.9 Å². The van der Waals surface area contributed by atoms with Gasteiger partial charge in [-0.2, -0.15) is 0 Å². The number of benzene rings is 2. The molecule has 0 aliphatic carbocycles. The van der Waals surface area contributed by atoms with Crippen molar-refractivity contribution in [2.24, 2.45) is 5.92 Å². The summed E-state index contributed by atoms with van der Waals surface area (Å²) in [7, 11) is 0. The Hall–Kier alpha value is -1.67. The zero-order chi connectivity index (χ0) is 15.1. The van der Waals surface area contributed by atoms with E-state index in [0.717, 1.165) is 31.5 Å². The lowest BCUT2D eigenvalue weighted by atomic mass is 9.92. The number of nitrogens with one attached hydrogen (secondary N) is 1. The Labute approximate surface area is 127 Å². The highest BCUT2D eigenvalue weighted by atomic mass is 19.1. The lowest BCUT2D eigenvalue weighted by Crippen LogP contribution is -2.25. The van der Waals surface area contributed by atoms with Gasteiger partial charge in [-0.3, -0.25) is 0 Å². The largest absolute Gasteiger partial charge is 0.317 e. The molecule has 0 amide bonds. The van der Waals surface area contributed by atoms with Gasteiger partial charge in [0.1, 0.15) is 5.82 Å². The van der Waals surface area contributed by atoms with Crippen LogP contribution in [0.3, 0.4) is 0 Å². The third-order valence-corrected chi connectivity index (χ3v) is 3.70. The molecule has 21 heavy (non-hydrogen) atoms. The summed E-state index contributed by atoms with van der Waals surface area (Å²) >= 11 is 0. The molecular formula is C19H24FN. The molecule has 0 bridgehead atoms. The van der Waals surface area contributed by atoms with Gasteiger partial charge in [0.05, 0.1) is 0 Å². The molecule has 1 N–H and O–H groups in total. The summed E-state index contributed by atoms with van der Waals surface area (Å²) in [5, 5.41) is 3.42. The van der Waals surface area contributed by atoms with Crippen molar-refractivity contribution in [1.82, 2.24) is 5.32 Å². The number of hydrogen-bond acceptors (Lipinski definition) is 1. The Morgan fingerprint density at radius 1 is 1.00 bits per heavy atom. The summed E-state index contributed by atoms with van der Waals surface area (Å²) in [4.78, 5) is 0. The minimum Gasteiger partial charge on any atom is -0.317 e. The first kappa shape index (κ1) is 15.7. The van der Waals surface area contributed by atoms with Crippen LogP contribution in [0.15, 0.2) is 48.5 Å². The molecule has 1 atom stereocenters. The molecule has 1 unspecified atom stereocenters. The summed E-state index contributed by atoms with van der Waals surface area (Å²) in [6.45, 7) is 6.16. The minimum absolute atomic E-state index is 0.148. The van der Waals surface area contributed by atoms with E-state index >= 15 is 0 Å². The second-order valence-electron chi connectivity index (χ2n) is 5.70. The van der Waals surface area contributed by atoms with E-state index in [2.05, 4.69) is 43.4 Å². The molecule has 1 nitrogen and oxygen atoms in total. The van der Waals surface area contributed by atoms with E-state index in [1.165, 1.54) is 17.2 Å². The molecule has 0 aliphatic rings. The second-order valence-corrected chi connectivity index (χ2v) is 5.70. The van der Waals surface area contributed by atoms with Crippen molar-refractivity contribution >= 4 is 0 Å². The topological polar surface area (TPSA) is 12.0 Å². The maximum Gasteiger partial charge on any atom is 0.123 e. The van der Waals surface area contributed by atoms with Crippen molar-refractivity contribution in [2.75, 3.05) is 13.1 Å². The average Bonchev–Trinajstić information content (AvgIpc) is 2.45. The molecule has 0 aliphatic heterocycles. The van der Waals surface area contributed by atoms with Gasteiger partial charge in [0.15, 0.2) is 0 Å². The van der Waals surface area contributed by atoms with E-state index in [1.807, 2.05) is 6.07 Å². The zero-order valence-electron chi connectivity index (χ0n) is 12.9. The van der Waals surface area contributed by atoms with Crippen molar-refractivity contribution in [1.29, 1.82) is 0 Å². The van der Waals surface area contributed by atoms with Gasteiger partial charge >= 0.3 is 0 Å². The highest BCUT2D eigenvalue weighted by Crippen LogP contribution is 2.16. The fourth-order valence-corrected chi connectivity index (χ4v) is 2.73. The number of rotatable bonds is 7. The number of aryl methyl sites for hydroxylation is 1. The van der Waals surface area contributed by atoms with Gasteiger partial charge in [-0.05, 0) is 62.0 Å². The van der Waals surface area contributed by atoms with Crippen LogP contribution in [-0.4, -0.2) is 13.1 Å². The van der Waals surface area contributed by atoms with E-state index in [4.69, 9.17) is 0 Å². The molecule has 0 saturated heterocycles. The molecule has 0 heterocycles. The quantitative estimate of drug-likeness (QED) is 0.806. The molecule has 0 spiro atoms. The smallest absolute Gasteiger partial charge is 0.123 e. The van der Waals surface area contributed by atoms with E-state index in [1.54, 1.807) is 12.1 Å². The third kappa shape index (κ3) is 5.31. The van der Waals surface area contributed by atoms with Crippen LogP contribution in [-0.2, 0) is 12.8 Å². The van der Waals surface area contributed by atoms with Gasteiger partial charge in [0.25, 0.3) is 0 Å². The van der Waals surface area contributed by atoms with Crippen LogP contribution in [0.25, 0.3) is 0 Å². The molecule has 112 valence electrons. The first-order valence-corrected chi connectivity index (χ1v) is 7.68. The molecule has 2 aromatic carbocycles. The summed E-state index contributed by atoms with van der Waals surface area (Å²) in [5.74, 6) is 0.332. The van der Waals surface area contributed by atoms with Crippen LogP contribution >= 0.6 is 0 Å². The molecule has 0 saturated carbocycles. The molecule has 0 radical (unpaired) electrons. The summed E-state index contributed by atoms with van der Waals surface area (Å²) in [5.41, 5.74) is 3.72. The molecule has 2 aromatic rings. The van der Waals surface area contributed by atoms with Gasteiger partial charge in [0, 0.05) is 0 Å². The van der Waals surface area contributed by atoms with Crippen LogP contribution in [0.1, 0.15) is 23.6 Å². The molecular weight excluding hydrogens is 261 g/mol. The zero-order valence-corrected chi connectivity index (χ0v) is 12.9. The molecule has 2 rings (SSSR count). The predicted octanol–water partition coefficient (Wildman–Crippen LogP) is 4.15. The molecule has 0 fully saturated rings. The number of hydrogen-bond donors (Lipinski definition) is 1. The Balaban J connectivity index is 2.06. The van der Waals surface area contributed by atoms with Crippen molar-refractivity contribution in [2.45, 2.75) is 26.7 Å². The van der Waals surface area contributed by atoms with Crippen LogP contribution in [0.2, 0.25) is 0 Å². The lowest BCUT2D eigenvalue weighted by molar-refractivity contribution is 0.477. The average molecular weight is 285 g/mol. The van der Waals surface area contributed by atoms with Crippen LogP contribution in [0.5, 0.6) is 0 Å². The summed E-state index contributed by atoms with van der Waals surface area (Å²) in [6, 6.07) is 15.6. The normalized spacial score (nSPS) is 12.3.